The van der Waals surface area contributed by atoms with Crippen LogP contribution < -0.4 is 10.1 Å². The summed E-state index contributed by atoms with van der Waals surface area (Å²) in [5.74, 6) is 0.307. The summed E-state index contributed by atoms with van der Waals surface area (Å²) in [6.07, 6.45) is 4.50. The maximum absolute atomic E-state index is 12.5. The summed E-state index contributed by atoms with van der Waals surface area (Å²) in [6, 6.07) is 14.6. The molecule has 3 rings (SSSR count). The van der Waals surface area contributed by atoms with Crippen LogP contribution in [0.1, 0.15) is 0 Å². The highest BCUT2D eigenvalue weighted by Gasteiger charge is 2.22. The van der Waals surface area contributed by atoms with Gasteiger partial charge in [0.1, 0.15) is 5.75 Å². The van der Waals surface area contributed by atoms with Crippen molar-refractivity contribution in [3.05, 3.63) is 73.2 Å². The first-order chi connectivity index (χ1) is 13.4. The number of amides is 1. The van der Waals surface area contributed by atoms with E-state index in [1.807, 2.05) is 0 Å². The average Bonchev–Trinajstić information content (AvgIpc) is 2.69. The van der Waals surface area contributed by atoms with E-state index < -0.39 is 15.9 Å². The Morgan fingerprint density at radius 1 is 1.11 bits per heavy atom. The topological polar surface area (TPSA) is 101 Å². The molecule has 0 spiro atoms. The fourth-order valence-electron chi connectivity index (χ4n) is 2.36. The van der Waals surface area contributed by atoms with Gasteiger partial charge in [0.05, 0.1) is 17.6 Å². The van der Waals surface area contributed by atoms with Crippen molar-refractivity contribution in [1.82, 2.24) is 14.3 Å². The summed E-state index contributed by atoms with van der Waals surface area (Å²) in [5, 5.41) is 2.66. The van der Waals surface area contributed by atoms with E-state index in [4.69, 9.17) is 4.74 Å². The number of ether oxygens (including phenoxy) is 1. The van der Waals surface area contributed by atoms with Gasteiger partial charge in [-0.2, -0.15) is 4.31 Å². The number of rotatable bonds is 7. The molecule has 0 bridgehead atoms. The number of hydrogen-bond donors (Lipinski definition) is 1. The number of nitrogens with one attached hydrogen (secondary N) is 1. The standard InChI is InChI=1S/C19H18N4O4S/c1-23(28(25,26)17-8-3-2-4-9-17)14-18(24)22-15-6-5-7-16(12-15)27-19-13-20-10-11-21-19/h2-13H,14H2,1H3,(H,22,24). The summed E-state index contributed by atoms with van der Waals surface area (Å²) in [6.45, 7) is -0.327. The van der Waals surface area contributed by atoms with Gasteiger partial charge in [-0.15, -0.1) is 0 Å². The molecular weight excluding hydrogens is 380 g/mol. The molecule has 1 heterocycles. The van der Waals surface area contributed by atoms with E-state index in [0.29, 0.717) is 17.3 Å². The molecule has 0 aliphatic heterocycles. The third-order valence-corrected chi connectivity index (χ3v) is 5.51. The predicted octanol–water partition coefficient (Wildman–Crippen LogP) is 2.53. The number of anilines is 1. The molecule has 0 saturated heterocycles. The van der Waals surface area contributed by atoms with Crippen LogP contribution in [0.15, 0.2) is 78.1 Å². The van der Waals surface area contributed by atoms with Crippen LogP contribution in [-0.4, -0.2) is 42.2 Å². The van der Waals surface area contributed by atoms with Crippen molar-refractivity contribution in [2.24, 2.45) is 0 Å². The lowest BCUT2D eigenvalue weighted by atomic mass is 10.3. The van der Waals surface area contributed by atoms with Crippen molar-refractivity contribution in [3.63, 3.8) is 0 Å². The van der Waals surface area contributed by atoms with Crippen molar-refractivity contribution in [2.75, 3.05) is 18.9 Å². The van der Waals surface area contributed by atoms with E-state index >= 15 is 0 Å². The Bertz CT molecular complexity index is 1040. The molecule has 0 atom stereocenters. The van der Waals surface area contributed by atoms with Crippen molar-refractivity contribution < 1.29 is 17.9 Å². The molecule has 1 aromatic heterocycles. The van der Waals surface area contributed by atoms with Crippen LogP contribution >= 0.6 is 0 Å². The van der Waals surface area contributed by atoms with Gasteiger partial charge in [-0.3, -0.25) is 9.78 Å². The van der Waals surface area contributed by atoms with Gasteiger partial charge in [0.15, 0.2) is 0 Å². The lowest BCUT2D eigenvalue weighted by Gasteiger charge is -2.17. The molecule has 8 nitrogen and oxygen atoms in total. The number of benzene rings is 2. The average molecular weight is 398 g/mol. The minimum absolute atomic E-state index is 0.129. The second-order valence-corrected chi connectivity index (χ2v) is 7.84. The van der Waals surface area contributed by atoms with Gasteiger partial charge in [0.2, 0.25) is 21.8 Å². The zero-order valence-electron chi connectivity index (χ0n) is 15.0. The number of carbonyl (C=O) groups excluding carboxylic acids is 1. The maximum atomic E-state index is 12.5. The zero-order valence-corrected chi connectivity index (χ0v) is 15.8. The second-order valence-electron chi connectivity index (χ2n) is 5.80. The molecule has 0 fully saturated rings. The van der Waals surface area contributed by atoms with Crippen molar-refractivity contribution in [2.45, 2.75) is 4.90 Å². The number of likely N-dealkylation sites (N-methyl/N-ethyl adjacent to an activating group) is 1. The van der Waals surface area contributed by atoms with Crippen LogP contribution in [0.2, 0.25) is 0 Å². The third kappa shape index (κ3) is 4.90. The summed E-state index contributed by atoms with van der Waals surface area (Å²) in [7, 11) is -2.39. The number of nitrogens with zero attached hydrogens (tertiary/aromatic N) is 3. The van der Waals surface area contributed by atoms with Crippen molar-refractivity contribution in [3.8, 4) is 11.6 Å². The Labute approximate surface area is 162 Å². The van der Waals surface area contributed by atoms with E-state index in [1.54, 1.807) is 42.5 Å². The monoisotopic (exact) mass is 398 g/mol. The minimum Gasteiger partial charge on any atom is -0.437 e. The van der Waals surface area contributed by atoms with Crippen molar-refractivity contribution >= 4 is 21.6 Å². The lowest BCUT2D eigenvalue weighted by molar-refractivity contribution is -0.116. The van der Waals surface area contributed by atoms with Crippen LogP contribution in [0.3, 0.4) is 0 Å². The summed E-state index contributed by atoms with van der Waals surface area (Å²) in [4.78, 5) is 20.3. The molecule has 0 aliphatic carbocycles. The Hall–Kier alpha value is -3.30. The molecule has 1 N–H and O–H groups in total. The molecule has 0 radical (unpaired) electrons. The van der Waals surface area contributed by atoms with E-state index in [0.717, 1.165) is 4.31 Å². The van der Waals surface area contributed by atoms with E-state index in [2.05, 4.69) is 15.3 Å². The Morgan fingerprint density at radius 3 is 2.61 bits per heavy atom. The Kier molecular flexibility index (Phi) is 5.97. The molecular formula is C19H18N4O4S. The fourth-order valence-corrected chi connectivity index (χ4v) is 3.50. The lowest BCUT2D eigenvalue weighted by Crippen LogP contribution is -2.34. The number of carbonyl (C=O) groups is 1. The minimum atomic E-state index is -3.74. The molecule has 0 saturated carbocycles. The summed E-state index contributed by atoms with van der Waals surface area (Å²) >= 11 is 0. The first-order valence-corrected chi connectivity index (χ1v) is 9.74. The highest BCUT2D eigenvalue weighted by atomic mass is 32.2. The summed E-state index contributed by atoms with van der Waals surface area (Å²) in [5.41, 5.74) is 0.469. The Balaban J connectivity index is 1.64. The van der Waals surface area contributed by atoms with E-state index in [9.17, 15) is 13.2 Å². The molecule has 3 aromatic rings. The van der Waals surface area contributed by atoms with Crippen LogP contribution in [0, 0.1) is 0 Å². The van der Waals surface area contributed by atoms with Gasteiger partial charge in [-0.05, 0) is 24.3 Å². The van der Waals surface area contributed by atoms with E-state index in [1.165, 1.54) is 37.8 Å². The normalized spacial score (nSPS) is 11.2. The molecule has 0 aliphatic rings. The maximum Gasteiger partial charge on any atom is 0.243 e. The Morgan fingerprint density at radius 2 is 1.89 bits per heavy atom. The molecule has 28 heavy (non-hydrogen) atoms. The van der Waals surface area contributed by atoms with Gasteiger partial charge in [0, 0.05) is 31.2 Å². The molecule has 2 aromatic carbocycles. The van der Waals surface area contributed by atoms with Crippen LogP contribution in [-0.2, 0) is 14.8 Å². The van der Waals surface area contributed by atoms with Crippen LogP contribution in [0.4, 0.5) is 5.69 Å². The SMILES string of the molecule is CN(CC(=O)Nc1cccc(Oc2cnccn2)c1)S(=O)(=O)c1ccccc1. The number of hydrogen-bond acceptors (Lipinski definition) is 6. The first-order valence-electron chi connectivity index (χ1n) is 8.30. The van der Waals surface area contributed by atoms with Crippen LogP contribution in [0.25, 0.3) is 0 Å². The molecule has 1 amide bonds. The summed E-state index contributed by atoms with van der Waals surface area (Å²) < 4.78 is 31.5. The smallest absolute Gasteiger partial charge is 0.243 e. The fraction of sp³-hybridized carbons (Fsp3) is 0.105. The van der Waals surface area contributed by atoms with Gasteiger partial charge < -0.3 is 10.1 Å². The molecule has 144 valence electrons. The van der Waals surface area contributed by atoms with Gasteiger partial charge in [-0.25, -0.2) is 13.4 Å². The second kappa shape index (κ2) is 8.59. The zero-order chi connectivity index (χ0) is 20.0. The quantitative estimate of drug-likeness (QED) is 0.656. The van der Waals surface area contributed by atoms with Crippen molar-refractivity contribution in [1.29, 1.82) is 0 Å². The van der Waals surface area contributed by atoms with Gasteiger partial charge in [0.25, 0.3) is 0 Å². The predicted molar refractivity (Wildman–Crippen MR) is 103 cm³/mol. The third-order valence-electron chi connectivity index (χ3n) is 3.70. The highest BCUT2D eigenvalue weighted by molar-refractivity contribution is 7.89. The molecule has 0 unspecified atom stereocenters. The highest BCUT2D eigenvalue weighted by Crippen LogP contribution is 2.22. The van der Waals surface area contributed by atoms with Gasteiger partial charge in [-0.1, -0.05) is 24.3 Å². The number of aromatic nitrogens is 2. The van der Waals surface area contributed by atoms with Gasteiger partial charge >= 0.3 is 0 Å². The number of sulfonamides is 1. The van der Waals surface area contributed by atoms with Crippen LogP contribution in [0.5, 0.6) is 11.6 Å². The first kappa shape index (κ1) is 19.5. The molecule has 9 heteroatoms. The van der Waals surface area contributed by atoms with E-state index in [-0.39, 0.29) is 11.4 Å². The largest absolute Gasteiger partial charge is 0.437 e.